The van der Waals surface area contributed by atoms with Crippen LogP contribution in [-0.2, 0) is 6.54 Å². The van der Waals surface area contributed by atoms with Crippen LogP contribution in [0.15, 0.2) is 18.2 Å². The van der Waals surface area contributed by atoms with E-state index >= 15 is 0 Å². The number of likely N-dealkylation sites (tertiary alicyclic amines) is 1. The summed E-state index contributed by atoms with van der Waals surface area (Å²) in [6, 6.07) is 5.13. The first-order valence-corrected chi connectivity index (χ1v) is 6.40. The normalized spacial score (nSPS) is 27.0. The lowest BCUT2D eigenvalue weighted by Crippen LogP contribution is -2.25. The molecule has 2 aliphatic rings. The molecule has 0 saturated carbocycles. The van der Waals surface area contributed by atoms with E-state index in [2.05, 4.69) is 10.2 Å². The molecule has 4 heteroatoms. The van der Waals surface area contributed by atoms with Crippen LogP contribution in [0.5, 0.6) is 0 Å². The highest BCUT2D eigenvalue weighted by Gasteiger charge is 2.35. The van der Waals surface area contributed by atoms with Crippen LogP contribution in [0.2, 0.25) is 0 Å². The fraction of sp³-hybridized carbons (Fsp3) is 0.571. The van der Waals surface area contributed by atoms with Crippen LogP contribution in [-0.4, -0.2) is 31.1 Å². The Kier molecular flexibility index (Phi) is 4.25. The van der Waals surface area contributed by atoms with Gasteiger partial charge < -0.3 is 5.32 Å². The topological polar surface area (TPSA) is 15.3 Å². The third-order valence-corrected chi connectivity index (χ3v) is 4.16. The monoisotopic (exact) mass is 270 g/mol. The highest BCUT2D eigenvalue weighted by Crippen LogP contribution is 2.27. The van der Waals surface area contributed by atoms with Crippen LogP contribution in [0.3, 0.4) is 0 Å². The molecule has 1 N–H and O–H groups in total. The Hall–Kier alpha value is -0.640. The predicted molar refractivity (Wildman–Crippen MR) is 73.5 cm³/mol. The molecule has 2 aliphatic heterocycles. The first kappa shape index (κ1) is 13.8. The van der Waals surface area contributed by atoms with E-state index in [1.54, 1.807) is 12.1 Å². The summed E-state index contributed by atoms with van der Waals surface area (Å²) in [6.07, 6.45) is 0. The Morgan fingerprint density at radius 3 is 2.56 bits per heavy atom. The van der Waals surface area contributed by atoms with Crippen molar-refractivity contribution in [3.63, 3.8) is 0 Å². The molecule has 2 fully saturated rings. The summed E-state index contributed by atoms with van der Waals surface area (Å²) in [5.74, 6) is 1.53. The largest absolute Gasteiger partial charge is 0.316 e. The molecule has 0 spiro atoms. The summed E-state index contributed by atoms with van der Waals surface area (Å²) in [5, 5.41) is 3.45. The maximum absolute atomic E-state index is 13.0. The van der Waals surface area contributed by atoms with Gasteiger partial charge in [0.15, 0.2) is 0 Å². The predicted octanol–water partition coefficient (Wildman–Crippen LogP) is 2.21. The Bertz CT molecular complexity index is 412. The lowest BCUT2D eigenvalue weighted by Gasteiger charge is -2.18. The molecular weight excluding hydrogens is 251 g/mol. The number of hydrogen-bond donors (Lipinski definition) is 1. The van der Waals surface area contributed by atoms with E-state index in [1.807, 2.05) is 13.0 Å². The minimum absolute atomic E-state index is 0. The van der Waals surface area contributed by atoms with Crippen molar-refractivity contribution in [2.45, 2.75) is 13.5 Å². The maximum atomic E-state index is 13.0. The number of aryl methyl sites for hydroxylation is 1. The van der Waals surface area contributed by atoms with E-state index in [9.17, 15) is 4.39 Å². The lowest BCUT2D eigenvalue weighted by atomic mass is 10.0. The first-order valence-electron chi connectivity index (χ1n) is 6.40. The summed E-state index contributed by atoms with van der Waals surface area (Å²) in [6.45, 7) is 7.69. The van der Waals surface area contributed by atoms with E-state index in [0.717, 1.165) is 23.9 Å². The molecule has 2 heterocycles. The molecule has 0 radical (unpaired) electrons. The molecule has 18 heavy (non-hydrogen) atoms. The summed E-state index contributed by atoms with van der Waals surface area (Å²) in [5.41, 5.74) is 2.33. The van der Waals surface area contributed by atoms with Crippen molar-refractivity contribution in [1.82, 2.24) is 10.2 Å². The van der Waals surface area contributed by atoms with Crippen LogP contribution < -0.4 is 5.32 Å². The molecule has 0 amide bonds. The van der Waals surface area contributed by atoms with Crippen molar-refractivity contribution in [1.29, 1.82) is 0 Å². The Morgan fingerprint density at radius 2 is 1.94 bits per heavy atom. The van der Waals surface area contributed by atoms with Crippen LogP contribution in [0.4, 0.5) is 4.39 Å². The molecule has 100 valence electrons. The van der Waals surface area contributed by atoms with Crippen molar-refractivity contribution in [3.05, 3.63) is 35.1 Å². The van der Waals surface area contributed by atoms with Gasteiger partial charge in [0.2, 0.25) is 0 Å². The first-order chi connectivity index (χ1) is 8.22. The Morgan fingerprint density at radius 1 is 1.28 bits per heavy atom. The van der Waals surface area contributed by atoms with Gasteiger partial charge in [-0.2, -0.15) is 0 Å². The fourth-order valence-corrected chi connectivity index (χ4v) is 3.16. The molecule has 1 aromatic rings. The number of benzene rings is 1. The molecule has 2 atom stereocenters. The number of rotatable bonds is 2. The average Bonchev–Trinajstić information content (AvgIpc) is 2.82. The van der Waals surface area contributed by atoms with Crippen molar-refractivity contribution in [2.75, 3.05) is 26.2 Å². The molecule has 2 nitrogen and oxygen atoms in total. The second-order valence-electron chi connectivity index (χ2n) is 5.44. The summed E-state index contributed by atoms with van der Waals surface area (Å²) >= 11 is 0. The van der Waals surface area contributed by atoms with Gasteiger partial charge in [0.05, 0.1) is 0 Å². The fourth-order valence-electron chi connectivity index (χ4n) is 3.16. The summed E-state index contributed by atoms with van der Waals surface area (Å²) < 4.78 is 13.0. The second-order valence-corrected chi connectivity index (χ2v) is 5.44. The van der Waals surface area contributed by atoms with Gasteiger partial charge in [0.25, 0.3) is 0 Å². The van der Waals surface area contributed by atoms with Gasteiger partial charge in [-0.25, -0.2) is 4.39 Å². The molecule has 3 rings (SSSR count). The van der Waals surface area contributed by atoms with Crippen molar-refractivity contribution >= 4 is 12.4 Å². The maximum Gasteiger partial charge on any atom is 0.123 e. The number of nitrogens with zero attached hydrogens (tertiary/aromatic N) is 1. The summed E-state index contributed by atoms with van der Waals surface area (Å²) in [4.78, 5) is 2.51. The molecule has 0 aliphatic carbocycles. The second kappa shape index (κ2) is 5.55. The van der Waals surface area contributed by atoms with Crippen LogP contribution in [0.25, 0.3) is 0 Å². The van der Waals surface area contributed by atoms with E-state index in [-0.39, 0.29) is 18.2 Å². The number of hydrogen-bond acceptors (Lipinski definition) is 2. The molecule has 2 saturated heterocycles. The highest BCUT2D eigenvalue weighted by molar-refractivity contribution is 5.85. The third kappa shape index (κ3) is 2.68. The van der Waals surface area contributed by atoms with Gasteiger partial charge in [-0.1, -0.05) is 6.07 Å². The van der Waals surface area contributed by atoms with E-state index in [0.29, 0.717) is 0 Å². The summed E-state index contributed by atoms with van der Waals surface area (Å²) in [7, 11) is 0. The van der Waals surface area contributed by atoms with Gasteiger partial charge in [0, 0.05) is 19.6 Å². The Balaban J connectivity index is 0.00000120. The minimum Gasteiger partial charge on any atom is -0.316 e. The van der Waals surface area contributed by atoms with Gasteiger partial charge in [-0.3, -0.25) is 4.90 Å². The van der Waals surface area contributed by atoms with Crippen molar-refractivity contribution in [3.8, 4) is 0 Å². The quantitative estimate of drug-likeness (QED) is 0.886. The van der Waals surface area contributed by atoms with E-state index < -0.39 is 0 Å². The van der Waals surface area contributed by atoms with Crippen molar-refractivity contribution < 1.29 is 4.39 Å². The average molecular weight is 271 g/mol. The SMILES string of the molecule is Cc1cc(F)ccc1CN1C[C@H]2CNC[C@H]2C1.Cl. The number of halogens is 2. The third-order valence-electron chi connectivity index (χ3n) is 4.16. The highest BCUT2D eigenvalue weighted by atomic mass is 35.5. The number of nitrogens with one attached hydrogen (secondary N) is 1. The van der Waals surface area contributed by atoms with Gasteiger partial charge >= 0.3 is 0 Å². The van der Waals surface area contributed by atoms with Gasteiger partial charge in [-0.05, 0) is 55.1 Å². The zero-order valence-electron chi connectivity index (χ0n) is 10.7. The molecule has 0 bridgehead atoms. The number of fused-ring (bicyclic) bond motifs is 1. The van der Waals surface area contributed by atoms with Gasteiger partial charge in [0.1, 0.15) is 5.82 Å². The molecule has 0 unspecified atom stereocenters. The molecule has 0 aromatic heterocycles. The minimum atomic E-state index is -0.131. The Labute approximate surface area is 114 Å². The van der Waals surface area contributed by atoms with Crippen LogP contribution >= 0.6 is 12.4 Å². The van der Waals surface area contributed by atoms with E-state index in [1.165, 1.54) is 31.7 Å². The van der Waals surface area contributed by atoms with Crippen LogP contribution in [0, 0.1) is 24.6 Å². The lowest BCUT2D eigenvalue weighted by molar-refractivity contribution is 0.305. The van der Waals surface area contributed by atoms with Crippen molar-refractivity contribution in [2.24, 2.45) is 11.8 Å². The zero-order valence-corrected chi connectivity index (χ0v) is 11.5. The molecular formula is C14H20ClFN2. The zero-order chi connectivity index (χ0) is 11.8. The van der Waals surface area contributed by atoms with Gasteiger partial charge in [-0.15, -0.1) is 12.4 Å². The standard InChI is InChI=1S/C14H19FN2.ClH/c1-10-4-14(15)3-2-11(10)7-17-8-12-5-16-6-13(12)9-17;/h2-4,12-13,16H,5-9H2,1H3;1H/t12-,13+;. The molecule has 1 aromatic carbocycles. The van der Waals surface area contributed by atoms with E-state index in [4.69, 9.17) is 0 Å². The van der Waals surface area contributed by atoms with Crippen LogP contribution in [0.1, 0.15) is 11.1 Å². The smallest absolute Gasteiger partial charge is 0.123 e.